The normalized spacial score (nSPS) is 24.1. The Bertz CT molecular complexity index is 519. The van der Waals surface area contributed by atoms with Crippen LogP contribution >= 0.6 is 11.8 Å². The van der Waals surface area contributed by atoms with Gasteiger partial charge in [0, 0.05) is 25.4 Å². The summed E-state index contributed by atoms with van der Waals surface area (Å²) in [6.45, 7) is 5.16. The minimum atomic E-state index is 0.900. The molecule has 0 N–H and O–H groups in total. The zero-order valence-corrected chi connectivity index (χ0v) is 13.6. The van der Waals surface area contributed by atoms with Crippen molar-refractivity contribution in [3.8, 4) is 0 Å². The van der Waals surface area contributed by atoms with Gasteiger partial charge in [0.15, 0.2) is 0 Å². The molecule has 0 radical (unpaired) electrons. The average Bonchev–Trinajstić information content (AvgIpc) is 2.54. The molecule has 2 nitrogen and oxygen atoms in total. The number of rotatable bonds is 3. The molecule has 0 saturated carbocycles. The van der Waals surface area contributed by atoms with Crippen LogP contribution in [0.5, 0.6) is 0 Å². The van der Waals surface area contributed by atoms with Crippen molar-refractivity contribution < 1.29 is 4.74 Å². The first kappa shape index (κ1) is 15.9. The highest BCUT2D eigenvalue weighted by Gasteiger charge is 2.05. The lowest BCUT2D eigenvalue weighted by atomic mass is 10.2. The van der Waals surface area contributed by atoms with Crippen molar-refractivity contribution in [2.45, 2.75) is 13.5 Å². The van der Waals surface area contributed by atoms with Gasteiger partial charge in [-0.25, -0.2) is 0 Å². The van der Waals surface area contributed by atoms with E-state index in [4.69, 9.17) is 4.74 Å². The first-order valence-corrected chi connectivity index (χ1v) is 8.24. The fourth-order valence-electron chi connectivity index (χ4n) is 2.17. The van der Waals surface area contributed by atoms with E-state index in [0.29, 0.717) is 0 Å². The summed E-state index contributed by atoms with van der Waals surface area (Å²) in [6, 6.07) is 10.6. The van der Waals surface area contributed by atoms with E-state index in [1.54, 1.807) is 7.11 Å². The van der Waals surface area contributed by atoms with Gasteiger partial charge in [-0.1, -0.05) is 36.4 Å². The average molecular weight is 301 g/mol. The molecule has 1 aliphatic rings. The highest BCUT2D eigenvalue weighted by Crippen LogP contribution is 2.17. The third-order valence-corrected chi connectivity index (χ3v) is 4.33. The van der Waals surface area contributed by atoms with Crippen molar-refractivity contribution in [1.29, 1.82) is 0 Å². The Kier molecular flexibility index (Phi) is 6.64. The third kappa shape index (κ3) is 5.82. The lowest BCUT2D eigenvalue weighted by molar-refractivity contribution is 0.302. The van der Waals surface area contributed by atoms with E-state index in [0.717, 1.165) is 31.1 Å². The molecule has 0 amide bonds. The molecule has 21 heavy (non-hydrogen) atoms. The summed E-state index contributed by atoms with van der Waals surface area (Å²) >= 11 is 1.90. The number of thioether (sulfide) groups is 1. The van der Waals surface area contributed by atoms with Gasteiger partial charge in [0.25, 0.3) is 0 Å². The summed E-state index contributed by atoms with van der Waals surface area (Å²) < 4.78 is 5.37. The first-order chi connectivity index (χ1) is 10.3. The maximum Gasteiger partial charge on any atom is 0.118 e. The van der Waals surface area contributed by atoms with Crippen molar-refractivity contribution >= 4 is 11.8 Å². The predicted octanol–water partition coefficient (Wildman–Crippen LogP) is 4.23. The summed E-state index contributed by atoms with van der Waals surface area (Å²) in [5.74, 6) is 2.01. The zero-order chi connectivity index (χ0) is 14.9. The Labute approximate surface area is 132 Å². The topological polar surface area (TPSA) is 12.5 Å². The summed E-state index contributed by atoms with van der Waals surface area (Å²) in [7, 11) is 1.72. The quantitative estimate of drug-likeness (QED) is 0.829. The van der Waals surface area contributed by atoms with Crippen LogP contribution in [-0.2, 0) is 11.3 Å². The third-order valence-electron chi connectivity index (χ3n) is 3.35. The van der Waals surface area contributed by atoms with Crippen molar-refractivity contribution in [1.82, 2.24) is 4.90 Å². The van der Waals surface area contributed by atoms with Crippen molar-refractivity contribution in [3.05, 3.63) is 70.9 Å². The van der Waals surface area contributed by atoms with Crippen LogP contribution in [0.4, 0.5) is 0 Å². The van der Waals surface area contributed by atoms with Gasteiger partial charge in [-0.15, -0.1) is 11.8 Å². The molecule has 0 aliphatic carbocycles. The Balaban J connectivity index is 2.05. The number of nitrogens with zero attached hydrogens (tertiary/aromatic N) is 1. The Morgan fingerprint density at radius 1 is 1.19 bits per heavy atom. The van der Waals surface area contributed by atoms with Crippen LogP contribution in [0.3, 0.4) is 0 Å². The molecule has 2 rings (SSSR count). The summed E-state index contributed by atoms with van der Waals surface area (Å²) in [5.41, 5.74) is 1.36. The van der Waals surface area contributed by atoms with E-state index < -0.39 is 0 Å². The van der Waals surface area contributed by atoms with Crippen LogP contribution in [-0.4, -0.2) is 30.9 Å². The van der Waals surface area contributed by atoms with E-state index in [1.165, 1.54) is 10.5 Å². The van der Waals surface area contributed by atoms with Gasteiger partial charge >= 0.3 is 0 Å². The molecular weight excluding hydrogens is 278 g/mol. The lowest BCUT2D eigenvalue weighted by Gasteiger charge is -2.20. The van der Waals surface area contributed by atoms with Gasteiger partial charge in [0.2, 0.25) is 0 Å². The molecule has 1 aromatic rings. The molecule has 0 unspecified atom stereocenters. The monoisotopic (exact) mass is 301 g/mol. The van der Waals surface area contributed by atoms with E-state index >= 15 is 0 Å². The number of hydrogen-bond acceptors (Lipinski definition) is 3. The number of methoxy groups -OCH3 is 1. The van der Waals surface area contributed by atoms with Crippen LogP contribution in [0.2, 0.25) is 0 Å². The summed E-state index contributed by atoms with van der Waals surface area (Å²) in [6.07, 6.45) is 8.39. The zero-order valence-electron chi connectivity index (χ0n) is 12.8. The number of ether oxygens (including phenoxy) is 1. The van der Waals surface area contributed by atoms with Crippen molar-refractivity contribution in [2.75, 3.05) is 26.0 Å². The van der Waals surface area contributed by atoms with Crippen LogP contribution in [0.25, 0.3) is 0 Å². The smallest absolute Gasteiger partial charge is 0.118 e. The van der Waals surface area contributed by atoms with Crippen LogP contribution < -0.4 is 0 Å². The minimum Gasteiger partial charge on any atom is -0.497 e. The molecule has 1 heterocycles. The fourth-order valence-corrected chi connectivity index (χ4v) is 3.01. The highest BCUT2D eigenvalue weighted by molar-refractivity contribution is 8.03. The van der Waals surface area contributed by atoms with Gasteiger partial charge in [-0.2, -0.15) is 0 Å². The second kappa shape index (κ2) is 8.75. The van der Waals surface area contributed by atoms with Gasteiger partial charge in [-0.3, -0.25) is 4.90 Å². The second-order valence-electron chi connectivity index (χ2n) is 5.02. The van der Waals surface area contributed by atoms with E-state index in [9.17, 15) is 0 Å². The molecule has 1 aromatic carbocycles. The molecule has 0 atom stereocenters. The van der Waals surface area contributed by atoms with Crippen molar-refractivity contribution in [3.63, 3.8) is 0 Å². The number of benzene rings is 1. The Morgan fingerprint density at radius 3 is 2.76 bits per heavy atom. The van der Waals surface area contributed by atoms with E-state index in [-0.39, 0.29) is 0 Å². The van der Waals surface area contributed by atoms with Crippen LogP contribution in [0.1, 0.15) is 12.5 Å². The fraction of sp³-hybridized carbons (Fsp3) is 0.333. The highest BCUT2D eigenvalue weighted by atomic mass is 32.2. The largest absolute Gasteiger partial charge is 0.497 e. The summed E-state index contributed by atoms with van der Waals surface area (Å²) in [4.78, 5) is 3.78. The van der Waals surface area contributed by atoms with Crippen LogP contribution in [0, 0.1) is 0 Å². The Hall–Kier alpha value is -1.45. The molecule has 112 valence electrons. The van der Waals surface area contributed by atoms with Gasteiger partial charge in [-0.05, 0) is 35.6 Å². The number of allylic oxidation sites excluding steroid dienone is 4. The minimum absolute atomic E-state index is 0.900. The molecule has 0 spiro atoms. The molecular formula is C18H23NOS. The standard InChI is InChI=1S/C18H23NOS/c1-16-10-11-18(20-2)9-6-12-19(13-14-21-16)15-17-7-4-3-5-8-17/h3-11H,12-15H2,1-2H3/b9-6+,16-10+,18-11+. The molecule has 0 bridgehead atoms. The molecule has 3 heteroatoms. The maximum absolute atomic E-state index is 5.37. The molecule has 0 aromatic heterocycles. The van der Waals surface area contributed by atoms with E-state index in [1.807, 2.05) is 17.8 Å². The van der Waals surface area contributed by atoms with Crippen molar-refractivity contribution in [2.24, 2.45) is 0 Å². The molecule has 1 aliphatic heterocycles. The number of hydrogen-bond donors (Lipinski definition) is 0. The van der Waals surface area contributed by atoms with Gasteiger partial charge in [0.1, 0.15) is 5.76 Å². The lowest BCUT2D eigenvalue weighted by Crippen LogP contribution is -2.26. The van der Waals surface area contributed by atoms with Gasteiger partial charge in [0.05, 0.1) is 7.11 Å². The maximum atomic E-state index is 5.37. The van der Waals surface area contributed by atoms with E-state index in [2.05, 4.69) is 60.4 Å². The summed E-state index contributed by atoms with van der Waals surface area (Å²) in [5, 5.41) is 0. The molecule has 0 fully saturated rings. The van der Waals surface area contributed by atoms with Crippen LogP contribution in [0.15, 0.2) is 65.3 Å². The SMILES string of the molecule is COC1=C/C=C(\C)SCCN(Cc2ccccc2)C\C=C\1. The molecule has 0 saturated heterocycles. The van der Waals surface area contributed by atoms with Gasteiger partial charge < -0.3 is 4.74 Å². The first-order valence-electron chi connectivity index (χ1n) is 7.26. The second-order valence-corrected chi connectivity index (χ2v) is 6.36. The Morgan fingerprint density at radius 2 is 2.00 bits per heavy atom. The predicted molar refractivity (Wildman–Crippen MR) is 92.2 cm³/mol.